The van der Waals surface area contributed by atoms with Gasteiger partial charge in [0, 0.05) is 25.5 Å². The van der Waals surface area contributed by atoms with Crippen molar-refractivity contribution in [3.8, 4) is 5.75 Å². The zero-order valence-corrected chi connectivity index (χ0v) is 16.1. The summed E-state index contributed by atoms with van der Waals surface area (Å²) in [4.78, 5) is 23.2. The standard InChI is InChI=1S/C22H24N4O2/c1-3-26(16-17-10-6-5-7-11-17)21(27)18-14-23-22(24-15-18)25-19-12-8-9-13-20(19)28-4-2/h5-15H,3-4,16H2,1-2H3,(H,23,24,25). The maximum atomic E-state index is 12.8. The molecule has 3 aromatic rings. The molecule has 0 radical (unpaired) electrons. The third kappa shape index (κ3) is 4.85. The Bertz CT molecular complexity index is 898. The molecule has 6 nitrogen and oxygen atoms in total. The topological polar surface area (TPSA) is 67.3 Å². The molecule has 28 heavy (non-hydrogen) atoms. The van der Waals surface area contributed by atoms with Crippen LogP contribution in [0.2, 0.25) is 0 Å². The normalized spacial score (nSPS) is 10.4. The van der Waals surface area contributed by atoms with Crippen LogP contribution >= 0.6 is 0 Å². The van der Waals surface area contributed by atoms with Gasteiger partial charge in [-0.25, -0.2) is 9.97 Å². The summed E-state index contributed by atoms with van der Waals surface area (Å²) in [5.41, 5.74) is 2.33. The Morgan fingerprint density at radius 1 is 1.00 bits per heavy atom. The van der Waals surface area contributed by atoms with Gasteiger partial charge in [-0.1, -0.05) is 42.5 Å². The number of nitrogens with zero attached hydrogens (tertiary/aromatic N) is 3. The van der Waals surface area contributed by atoms with E-state index in [1.54, 1.807) is 17.3 Å². The van der Waals surface area contributed by atoms with Crippen LogP contribution < -0.4 is 10.1 Å². The molecule has 1 amide bonds. The Balaban J connectivity index is 1.70. The first-order valence-corrected chi connectivity index (χ1v) is 9.35. The van der Waals surface area contributed by atoms with Gasteiger partial charge in [-0.3, -0.25) is 4.79 Å². The number of rotatable bonds is 8. The lowest BCUT2D eigenvalue weighted by Gasteiger charge is -2.21. The number of carbonyl (C=O) groups excluding carboxylic acids is 1. The van der Waals surface area contributed by atoms with E-state index >= 15 is 0 Å². The number of hydrogen-bond acceptors (Lipinski definition) is 5. The summed E-state index contributed by atoms with van der Waals surface area (Å²) in [7, 11) is 0. The van der Waals surface area contributed by atoms with Gasteiger partial charge in [0.05, 0.1) is 17.9 Å². The minimum Gasteiger partial charge on any atom is -0.492 e. The average Bonchev–Trinajstić information content (AvgIpc) is 2.74. The van der Waals surface area contributed by atoms with E-state index in [-0.39, 0.29) is 5.91 Å². The lowest BCUT2D eigenvalue weighted by atomic mass is 10.2. The minimum absolute atomic E-state index is 0.0902. The van der Waals surface area contributed by atoms with Crippen LogP contribution in [-0.4, -0.2) is 33.9 Å². The largest absolute Gasteiger partial charge is 0.492 e. The second-order valence-corrected chi connectivity index (χ2v) is 6.15. The van der Waals surface area contributed by atoms with Crippen LogP contribution in [0.15, 0.2) is 67.0 Å². The van der Waals surface area contributed by atoms with Crippen LogP contribution in [0.1, 0.15) is 29.8 Å². The molecule has 0 bridgehead atoms. The number of carbonyl (C=O) groups is 1. The van der Waals surface area contributed by atoms with E-state index < -0.39 is 0 Å². The van der Waals surface area contributed by atoms with E-state index in [4.69, 9.17) is 4.74 Å². The maximum Gasteiger partial charge on any atom is 0.257 e. The first kappa shape index (κ1) is 19.4. The summed E-state index contributed by atoms with van der Waals surface area (Å²) in [6, 6.07) is 17.5. The van der Waals surface area contributed by atoms with Crippen molar-refractivity contribution in [3.63, 3.8) is 0 Å². The van der Waals surface area contributed by atoms with E-state index in [2.05, 4.69) is 15.3 Å². The fraction of sp³-hybridized carbons (Fsp3) is 0.227. The Hall–Kier alpha value is -3.41. The molecule has 0 aliphatic carbocycles. The molecule has 1 heterocycles. The minimum atomic E-state index is -0.0902. The molecule has 0 aliphatic rings. The molecule has 0 aliphatic heterocycles. The van der Waals surface area contributed by atoms with Crippen molar-refractivity contribution in [2.45, 2.75) is 20.4 Å². The van der Waals surface area contributed by atoms with Crippen molar-refractivity contribution in [2.75, 3.05) is 18.5 Å². The molecule has 0 fully saturated rings. The molecule has 144 valence electrons. The lowest BCUT2D eigenvalue weighted by Crippen LogP contribution is -2.30. The van der Waals surface area contributed by atoms with Crippen LogP contribution in [0.5, 0.6) is 5.75 Å². The summed E-state index contributed by atoms with van der Waals surface area (Å²) in [5, 5.41) is 3.13. The van der Waals surface area contributed by atoms with Crippen LogP contribution in [0.25, 0.3) is 0 Å². The Kier molecular flexibility index (Phi) is 6.57. The summed E-state index contributed by atoms with van der Waals surface area (Å²) >= 11 is 0. The molecular weight excluding hydrogens is 352 g/mol. The fourth-order valence-corrected chi connectivity index (χ4v) is 2.79. The number of aromatic nitrogens is 2. The molecule has 1 aromatic heterocycles. The Morgan fingerprint density at radius 3 is 2.36 bits per heavy atom. The number of anilines is 2. The number of para-hydroxylation sites is 2. The van der Waals surface area contributed by atoms with Crippen molar-refractivity contribution in [1.82, 2.24) is 14.9 Å². The van der Waals surface area contributed by atoms with Gasteiger partial charge in [0.2, 0.25) is 5.95 Å². The van der Waals surface area contributed by atoms with E-state index in [0.29, 0.717) is 31.2 Å². The average molecular weight is 376 g/mol. The predicted molar refractivity (Wildman–Crippen MR) is 110 cm³/mol. The highest BCUT2D eigenvalue weighted by atomic mass is 16.5. The van der Waals surface area contributed by atoms with Crippen molar-refractivity contribution >= 4 is 17.5 Å². The zero-order chi connectivity index (χ0) is 19.8. The zero-order valence-electron chi connectivity index (χ0n) is 16.1. The third-order valence-corrected chi connectivity index (χ3v) is 4.22. The third-order valence-electron chi connectivity index (χ3n) is 4.22. The lowest BCUT2D eigenvalue weighted by molar-refractivity contribution is 0.0751. The molecule has 0 saturated heterocycles. The number of hydrogen-bond donors (Lipinski definition) is 1. The Morgan fingerprint density at radius 2 is 1.68 bits per heavy atom. The number of nitrogens with one attached hydrogen (secondary N) is 1. The van der Waals surface area contributed by atoms with Gasteiger partial charge >= 0.3 is 0 Å². The quantitative estimate of drug-likeness (QED) is 0.635. The fourth-order valence-electron chi connectivity index (χ4n) is 2.79. The van der Waals surface area contributed by atoms with Crippen molar-refractivity contribution in [1.29, 1.82) is 0 Å². The number of amides is 1. The van der Waals surface area contributed by atoms with Crippen LogP contribution in [-0.2, 0) is 6.54 Å². The van der Waals surface area contributed by atoms with Gasteiger partial charge in [-0.05, 0) is 31.5 Å². The monoisotopic (exact) mass is 376 g/mol. The molecule has 0 saturated carbocycles. The molecule has 0 spiro atoms. The summed E-state index contributed by atoms with van der Waals surface area (Å²) in [6.45, 7) is 5.62. The smallest absolute Gasteiger partial charge is 0.257 e. The van der Waals surface area contributed by atoms with Crippen molar-refractivity contribution in [3.05, 3.63) is 78.1 Å². The van der Waals surface area contributed by atoms with Crippen LogP contribution in [0.3, 0.4) is 0 Å². The van der Waals surface area contributed by atoms with Gasteiger partial charge in [0.1, 0.15) is 5.75 Å². The number of benzene rings is 2. The van der Waals surface area contributed by atoms with Gasteiger partial charge in [0.25, 0.3) is 5.91 Å². The highest BCUT2D eigenvalue weighted by molar-refractivity contribution is 5.93. The van der Waals surface area contributed by atoms with Crippen LogP contribution in [0, 0.1) is 0 Å². The van der Waals surface area contributed by atoms with Gasteiger partial charge in [0.15, 0.2) is 0 Å². The molecule has 0 atom stereocenters. The number of ether oxygens (including phenoxy) is 1. The first-order chi connectivity index (χ1) is 13.7. The highest BCUT2D eigenvalue weighted by Gasteiger charge is 2.16. The Labute approximate surface area is 165 Å². The van der Waals surface area contributed by atoms with Crippen molar-refractivity contribution in [2.24, 2.45) is 0 Å². The highest BCUT2D eigenvalue weighted by Crippen LogP contribution is 2.25. The molecule has 3 rings (SSSR count). The van der Waals surface area contributed by atoms with Crippen molar-refractivity contribution < 1.29 is 9.53 Å². The predicted octanol–water partition coefficient (Wildman–Crippen LogP) is 4.28. The summed E-state index contributed by atoms with van der Waals surface area (Å²) in [5.74, 6) is 1.05. The van der Waals surface area contributed by atoms with Gasteiger partial charge in [-0.15, -0.1) is 0 Å². The molecule has 0 unspecified atom stereocenters. The van der Waals surface area contributed by atoms with E-state index in [0.717, 1.165) is 17.0 Å². The SMILES string of the molecule is CCOc1ccccc1Nc1ncc(C(=O)N(CC)Cc2ccccc2)cn1. The summed E-state index contributed by atoms with van der Waals surface area (Å²) in [6.07, 6.45) is 3.10. The van der Waals surface area contributed by atoms with Crippen LogP contribution in [0.4, 0.5) is 11.6 Å². The first-order valence-electron chi connectivity index (χ1n) is 9.35. The molecule has 6 heteroatoms. The second-order valence-electron chi connectivity index (χ2n) is 6.15. The van der Waals surface area contributed by atoms with E-state index in [1.165, 1.54) is 0 Å². The van der Waals surface area contributed by atoms with Gasteiger partial charge in [-0.2, -0.15) is 0 Å². The molecular formula is C22H24N4O2. The van der Waals surface area contributed by atoms with E-state index in [9.17, 15) is 4.79 Å². The maximum absolute atomic E-state index is 12.8. The van der Waals surface area contributed by atoms with Gasteiger partial charge < -0.3 is 15.0 Å². The molecule has 1 N–H and O–H groups in total. The second kappa shape index (κ2) is 9.50. The van der Waals surface area contributed by atoms with E-state index in [1.807, 2.05) is 68.4 Å². The molecule has 2 aromatic carbocycles. The summed E-state index contributed by atoms with van der Waals surface area (Å²) < 4.78 is 5.59.